The first-order chi connectivity index (χ1) is 13.1. The van der Waals surface area contributed by atoms with Gasteiger partial charge in [0.2, 0.25) is 0 Å². The van der Waals surface area contributed by atoms with Crippen LogP contribution in [0.3, 0.4) is 0 Å². The number of carbonyl (C=O) groups is 2. The van der Waals surface area contributed by atoms with Gasteiger partial charge in [-0.05, 0) is 36.4 Å². The molecule has 0 unspecified atom stereocenters. The monoisotopic (exact) mass is 364 g/mol. The van der Waals surface area contributed by atoms with E-state index in [0.717, 1.165) is 5.56 Å². The lowest BCUT2D eigenvalue weighted by Gasteiger charge is -2.01. The van der Waals surface area contributed by atoms with Gasteiger partial charge in [-0.1, -0.05) is 24.3 Å². The van der Waals surface area contributed by atoms with Gasteiger partial charge in [-0.25, -0.2) is 10.2 Å². The molecule has 7 heteroatoms. The fourth-order valence-electron chi connectivity index (χ4n) is 2.35. The van der Waals surface area contributed by atoms with Gasteiger partial charge in [0.1, 0.15) is 17.3 Å². The number of amides is 1. The Morgan fingerprint density at radius 3 is 2.52 bits per heavy atom. The summed E-state index contributed by atoms with van der Waals surface area (Å²) in [6.45, 7) is 0. The second-order valence-corrected chi connectivity index (χ2v) is 5.49. The zero-order chi connectivity index (χ0) is 19.2. The van der Waals surface area contributed by atoms with Crippen LogP contribution in [-0.2, 0) is 4.74 Å². The average Bonchev–Trinajstić information content (AvgIpc) is 3.16. The number of rotatable bonds is 5. The molecule has 27 heavy (non-hydrogen) atoms. The molecule has 1 aromatic heterocycles. The molecule has 0 saturated carbocycles. The second-order valence-electron chi connectivity index (χ2n) is 5.49. The number of esters is 1. The molecule has 0 aliphatic heterocycles. The van der Waals surface area contributed by atoms with Crippen molar-refractivity contribution in [1.29, 1.82) is 0 Å². The Kier molecular flexibility index (Phi) is 5.32. The van der Waals surface area contributed by atoms with Crippen LogP contribution in [0.25, 0.3) is 11.3 Å². The molecule has 0 bridgehead atoms. The molecule has 2 N–H and O–H groups in total. The summed E-state index contributed by atoms with van der Waals surface area (Å²) >= 11 is 0. The molecule has 0 aliphatic rings. The van der Waals surface area contributed by atoms with Gasteiger partial charge >= 0.3 is 5.97 Å². The minimum atomic E-state index is -0.533. The molecule has 0 aliphatic carbocycles. The van der Waals surface area contributed by atoms with E-state index in [-0.39, 0.29) is 11.3 Å². The molecule has 3 rings (SSSR count). The molecule has 0 fully saturated rings. The van der Waals surface area contributed by atoms with Gasteiger partial charge in [0.25, 0.3) is 5.91 Å². The highest BCUT2D eigenvalue weighted by Gasteiger charge is 2.09. The van der Waals surface area contributed by atoms with Crippen LogP contribution in [0.4, 0.5) is 0 Å². The predicted molar refractivity (Wildman–Crippen MR) is 98.7 cm³/mol. The van der Waals surface area contributed by atoms with Gasteiger partial charge in [0.05, 0.1) is 24.5 Å². The van der Waals surface area contributed by atoms with Crippen molar-refractivity contribution < 1.29 is 23.8 Å². The summed E-state index contributed by atoms with van der Waals surface area (Å²) in [6.07, 6.45) is 1.35. The third kappa shape index (κ3) is 4.21. The fourth-order valence-corrected chi connectivity index (χ4v) is 2.35. The number of hydrazone groups is 1. The minimum Gasteiger partial charge on any atom is -0.507 e. The van der Waals surface area contributed by atoms with E-state index >= 15 is 0 Å². The van der Waals surface area contributed by atoms with Gasteiger partial charge in [-0.2, -0.15) is 5.10 Å². The lowest BCUT2D eigenvalue weighted by molar-refractivity contribution is 0.0600. The third-order valence-corrected chi connectivity index (χ3v) is 3.72. The number of aromatic hydroxyl groups is 1. The van der Waals surface area contributed by atoms with E-state index in [1.165, 1.54) is 25.5 Å². The van der Waals surface area contributed by atoms with Crippen molar-refractivity contribution in [3.05, 3.63) is 77.6 Å². The van der Waals surface area contributed by atoms with Crippen molar-refractivity contribution >= 4 is 18.1 Å². The highest BCUT2D eigenvalue weighted by atomic mass is 16.5. The number of phenols is 1. The molecule has 7 nitrogen and oxygen atoms in total. The van der Waals surface area contributed by atoms with Crippen LogP contribution < -0.4 is 5.43 Å². The molecular weight excluding hydrogens is 348 g/mol. The summed E-state index contributed by atoms with van der Waals surface area (Å²) in [5.41, 5.74) is 3.67. The number of carbonyl (C=O) groups excluding carboxylic acids is 2. The largest absolute Gasteiger partial charge is 0.507 e. The summed E-state index contributed by atoms with van der Waals surface area (Å²) in [4.78, 5) is 23.4. The number of hydrogen-bond donors (Lipinski definition) is 2. The Bertz CT molecular complexity index is 990. The summed E-state index contributed by atoms with van der Waals surface area (Å²) in [5.74, 6) is -0.0519. The average molecular weight is 364 g/mol. The number of nitrogens with zero attached hydrogens (tertiary/aromatic N) is 1. The Morgan fingerprint density at radius 2 is 1.81 bits per heavy atom. The number of ether oxygens (including phenoxy) is 1. The lowest BCUT2D eigenvalue weighted by atomic mass is 10.1. The first kappa shape index (κ1) is 17.9. The predicted octanol–water partition coefficient (Wildman–Crippen LogP) is 3.20. The molecule has 1 amide bonds. The van der Waals surface area contributed by atoms with Crippen LogP contribution in [0.5, 0.6) is 5.75 Å². The summed E-state index contributed by atoms with van der Waals surface area (Å²) in [6, 6.07) is 16.4. The number of hydrogen-bond acceptors (Lipinski definition) is 6. The number of phenolic OH excluding ortho intramolecular Hbond substituents is 1. The summed E-state index contributed by atoms with van der Waals surface area (Å²) < 4.78 is 10.3. The topological polar surface area (TPSA) is 101 Å². The van der Waals surface area contributed by atoms with Gasteiger partial charge in [0.15, 0.2) is 0 Å². The SMILES string of the molecule is COC(=O)c1ccc(-c2ccc(/C=N/NC(=O)c3ccccc3O)o2)cc1. The quantitative estimate of drug-likeness (QED) is 0.411. The maximum atomic E-state index is 11.9. The molecule has 0 saturated heterocycles. The zero-order valence-electron chi connectivity index (χ0n) is 14.4. The second kappa shape index (κ2) is 8.01. The Hall–Kier alpha value is -3.87. The number of para-hydroxylation sites is 1. The van der Waals surface area contributed by atoms with E-state index in [2.05, 4.69) is 15.3 Å². The first-order valence-corrected chi connectivity index (χ1v) is 7.98. The van der Waals surface area contributed by atoms with Gasteiger partial charge in [0, 0.05) is 5.56 Å². The van der Waals surface area contributed by atoms with Crippen LogP contribution >= 0.6 is 0 Å². The Labute approximate surface area is 154 Å². The zero-order valence-corrected chi connectivity index (χ0v) is 14.4. The van der Waals surface area contributed by atoms with Crippen LogP contribution in [0, 0.1) is 0 Å². The smallest absolute Gasteiger partial charge is 0.337 e. The number of nitrogens with one attached hydrogen (secondary N) is 1. The maximum Gasteiger partial charge on any atom is 0.337 e. The molecule has 0 spiro atoms. The Morgan fingerprint density at radius 1 is 1.07 bits per heavy atom. The van der Waals surface area contributed by atoms with Crippen LogP contribution in [0.1, 0.15) is 26.5 Å². The highest BCUT2D eigenvalue weighted by molar-refractivity contribution is 5.97. The molecule has 2 aromatic carbocycles. The van der Waals surface area contributed by atoms with Gasteiger partial charge < -0.3 is 14.3 Å². The lowest BCUT2D eigenvalue weighted by Crippen LogP contribution is -2.17. The first-order valence-electron chi connectivity index (χ1n) is 7.98. The van der Waals surface area contributed by atoms with Crippen molar-refractivity contribution in [1.82, 2.24) is 5.43 Å². The van der Waals surface area contributed by atoms with Crippen LogP contribution in [0.15, 0.2) is 70.2 Å². The molecule has 0 radical (unpaired) electrons. The number of methoxy groups -OCH3 is 1. The normalized spacial score (nSPS) is 10.7. The van der Waals surface area contributed by atoms with Crippen molar-refractivity contribution in [3.63, 3.8) is 0 Å². The van der Waals surface area contributed by atoms with E-state index < -0.39 is 11.9 Å². The maximum absolute atomic E-state index is 11.9. The highest BCUT2D eigenvalue weighted by Crippen LogP contribution is 2.22. The van der Waals surface area contributed by atoms with E-state index in [1.807, 2.05) is 0 Å². The molecule has 0 atom stereocenters. The van der Waals surface area contributed by atoms with Crippen LogP contribution in [0.2, 0.25) is 0 Å². The van der Waals surface area contributed by atoms with Crippen molar-refractivity contribution in [3.8, 4) is 17.1 Å². The van der Waals surface area contributed by atoms with E-state index in [9.17, 15) is 14.7 Å². The summed E-state index contributed by atoms with van der Waals surface area (Å²) in [5, 5.41) is 13.5. The van der Waals surface area contributed by atoms with Crippen LogP contribution in [-0.4, -0.2) is 30.3 Å². The molecule has 136 valence electrons. The van der Waals surface area contributed by atoms with E-state index in [1.54, 1.807) is 48.5 Å². The molecule has 3 aromatic rings. The Balaban J connectivity index is 1.65. The van der Waals surface area contributed by atoms with E-state index in [0.29, 0.717) is 17.1 Å². The van der Waals surface area contributed by atoms with Crippen molar-refractivity contribution in [2.45, 2.75) is 0 Å². The fraction of sp³-hybridized carbons (Fsp3) is 0.0500. The molecule has 1 heterocycles. The number of furan rings is 1. The van der Waals surface area contributed by atoms with Crippen molar-refractivity contribution in [2.24, 2.45) is 5.10 Å². The minimum absolute atomic E-state index is 0.124. The third-order valence-electron chi connectivity index (χ3n) is 3.72. The van der Waals surface area contributed by atoms with E-state index in [4.69, 9.17) is 4.42 Å². The standard InChI is InChI=1S/C20H16N2O5/c1-26-20(25)14-8-6-13(7-9-14)18-11-10-15(27-18)12-21-22-19(24)16-4-2-3-5-17(16)23/h2-12,23H,1H3,(H,22,24)/b21-12+. The number of benzene rings is 2. The van der Waals surface area contributed by atoms with Crippen molar-refractivity contribution in [2.75, 3.05) is 7.11 Å². The van der Waals surface area contributed by atoms with Gasteiger partial charge in [-0.3, -0.25) is 4.79 Å². The molecular formula is C20H16N2O5. The summed E-state index contributed by atoms with van der Waals surface area (Å²) in [7, 11) is 1.33. The van der Waals surface area contributed by atoms with Gasteiger partial charge in [-0.15, -0.1) is 0 Å².